The summed E-state index contributed by atoms with van der Waals surface area (Å²) >= 11 is 9.31. The summed E-state index contributed by atoms with van der Waals surface area (Å²) in [6, 6.07) is 16.2. The van der Waals surface area contributed by atoms with E-state index in [0.717, 1.165) is 40.2 Å². The van der Waals surface area contributed by atoms with Gasteiger partial charge in [0.05, 0.1) is 6.21 Å². The molecule has 0 unspecified atom stereocenters. The van der Waals surface area contributed by atoms with E-state index in [9.17, 15) is 0 Å². The minimum atomic E-state index is 0.745. The number of halogens is 1. The van der Waals surface area contributed by atoms with Crippen molar-refractivity contribution in [3.8, 4) is 0 Å². The van der Waals surface area contributed by atoms with Gasteiger partial charge in [0.1, 0.15) is 0 Å². The second-order valence-electron chi connectivity index (χ2n) is 5.89. The van der Waals surface area contributed by atoms with E-state index in [1.807, 2.05) is 35.2 Å². The Balaban J connectivity index is 1.77. The molecule has 0 N–H and O–H groups in total. The fourth-order valence-corrected chi connectivity index (χ4v) is 3.82. The normalized spacial score (nSPS) is 11.4. The van der Waals surface area contributed by atoms with Crippen molar-refractivity contribution in [1.82, 2.24) is 14.9 Å². The molecule has 27 heavy (non-hydrogen) atoms. The molecule has 3 aromatic rings. The molecule has 0 aliphatic heterocycles. The first kappa shape index (κ1) is 20.0. The zero-order valence-electron chi connectivity index (χ0n) is 15.3. The summed E-state index contributed by atoms with van der Waals surface area (Å²) in [5.74, 6) is 1.67. The molecule has 0 atom stereocenters. The van der Waals surface area contributed by atoms with Crippen molar-refractivity contribution >= 4 is 41.3 Å². The van der Waals surface area contributed by atoms with Crippen molar-refractivity contribution in [2.45, 2.75) is 35.6 Å². The monoisotopic (exact) mass is 416 g/mol. The molecular weight excluding hydrogens is 396 g/mol. The number of nitrogens with zero attached hydrogens (tertiary/aromatic N) is 4. The Morgan fingerprint density at radius 1 is 1.07 bits per heavy atom. The van der Waals surface area contributed by atoms with Gasteiger partial charge in [-0.05, 0) is 48.1 Å². The fraction of sp³-hybridized carbons (Fsp3) is 0.250. The Kier molecular flexibility index (Phi) is 7.38. The number of aromatic nitrogens is 3. The zero-order valence-corrected chi connectivity index (χ0v) is 17.7. The minimum absolute atomic E-state index is 0.745. The zero-order chi connectivity index (χ0) is 19.1. The van der Waals surface area contributed by atoms with Gasteiger partial charge in [-0.25, -0.2) is 0 Å². The van der Waals surface area contributed by atoms with Crippen LogP contribution in [0, 0.1) is 0 Å². The lowest BCUT2D eigenvalue weighted by Gasteiger charge is -2.04. The average Bonchev–Trinajstić information content (AvgIpc) is 3.08. The van der Waals surface area contributed by atoms with Crippen LogP contribution in [0.3, 0.4) is 0 Å². The van der Waals surface area contributed by atoms with Gasteiger partial charge in [-0.2, -0.15) is 9.78 Å². The predicted octanol–water partition coefficient (Wildman–Crippen LogP) is 5.78. The standard InChI is InChI=1S/C20H21ClN4S2/c1-3-4-19-23-24-20(27-14-16-5-9-17(21)10-6-16)25(19)22-13-15-7-11-18(26-2)12-8-15/h5-13H,3-4,14H2,1-2H3/b22-13+. The molecule has 0 amide bonds. The van der Waals surface area contributed by atoms with Crippen LogP contribution in [0.1, 0.15) is 30.3 Å². The molecule has 0 saturated carbocycles. The number of hydrogen-bond acceptors (Lipinski definition) is 5. The third-order valence-corrected chi connectivity index (χ3v) is 5.86. The summed E-state index contributed by atoms with van der Waals surface area (Å²) in [6.45, 7) is 2.13. The number of benzene rings is 2. The smallest absolute Gasteiger partial charge is 0.191 e. The highest BCUT2D eigenvalue weighted by Gasteiger charge is 2.11. The Bertz CT molecular complexity index is 889. The van der Waals surface area contributed by atoms with Crippen molar-refractivity contribution in [3.63, 3.8) is 0 Å². The lowest BCUT2D eigenvalue weighted by atomic mass is 10.2. The third kappa shape index (κ3) is 5.61. The maximum atomic E-state index is 5.96. The van der Waals surface area contributed by atoms with Crippen molar-refractivity contribution < 1.29 is 0 Å². The quantitative estimate of drug-likeness (QED) is 0.344. The van der Waals surface area contributed by atoms with Gasteiger partial charge in [0.15, 0.2) is 5.82 Å². The molecule has 4 nitrogen and oxygen atoms in total. The number of rotatable bonds is 8. The van der Waals surface area contributed by atoms with E-state index in [-0.39, 0.29) is 0 Å². The molecule has 0 aliphatic rings. The first-order valence-corrected chi connectivity index (χ1v) is 11.3. The molecule has 0 saturated heterocycles. The van der Waals surface area contributed by atoms with Crippen molar-refractivity contribution in [3.05, 3.63) is 70.5 Å². The summed E-state index contributed by atoms with van der Waals surface area (Å²) in [5, 5.41) is 14.9. The lowest BCUT2D eigenvalue weighted by molar-refractivity contribution is 0.700. The molecule has 0 bridgehead atoms. The molecule has 2 aromatic carbocycles. The predicted molar refractivity (Wildman–Crippen MR) is 116 cm³/mol. The molecule has 1 aromatic heterocycles. The molecule has 140 valence electrons. The Hall–Kier alpha value is -1.76. The Morgan fingerprint density at radius 3 is 2.48 bits per heavy atom. The maximum absolute atomic E-state index is 5.96. The molecule has 0 fully saturated rings. The van der Waals surface area contributed by atoms with E-state index in [1.54, 1.807) is 23.5 Å². The summed E-state index contributed by atoms with van der Waals surface area (Å²) in [4.78, 5) is 1.24. The van der Waals surface area contributed by atoms with Gasteiger partial charge >= 0.3 is 0 Å². The number of thioether (sulfide) groups is 2. The van der Waals surface area contributed by atoms with Crippen LogP contribution in [0.2, 0.25) is 5.02 Å². The van der Waals surface area contributed by atoms with Crippen LogP contribution in [0.5, 0.6) is 0 Å². The summed E-state index contributed by atoms with van der Waals surface area (Å²) in [6.07, 6.45) is 5.77. The van der Waals surface area contributed by atoms with Crippen LogP contribution in [-0.4, -0.2) is 27.3 Å². The Labute approximate surface area is 173 Å². The molecule has 0 aliphatic carbocycles. The summed E-state index contributed by atoms with van der Waals surface area (Å²) in [5.41, 5.74) is 2.24. The van der Waals surface area contributed by atoms with Gasteiger partial charge in [0.2, 0.25) is 5.16 Å². The van der Waals surface area contributed by atoms with Crippen molar-refractivity contribution in [2.24, 2.45) is 5.10 Å². The molecule has 0 radical (unpaired) electrons. The highest BCUT2D eigenvalue weighted by molar-refractivity contribution is 7.98. The molecule has 3 rings (SSSR count). The van der Waals surface area contributed by atoms with Gasteiger partial charge < -0.3 is 0 Å². The molecular formula is C20H21ClN4S2. The number of aryl methyl sites for hydroxylation is 1. The summed E-state index contributed by atoms with van der Waals surface area (Å²) < 4.78 is 1.85. The average molecular weight is 417 g/mol. The minimum Gasteiger partial charge on any atom is -0.191 e. The van der Waals surface area contributed by atoms with Gasteiger partial charge in [0.25, 0.3) is 0 Å². The van der Waals surface area contributed by atoms with Gasteiger partial charge in [-0.3, -0.25) is 0 Å². The topological polar surface area (TPSA) is 43.1 Å². The van der Waals surface area contributed by atoms with Crippen LogP contribution in [0.4, 0.5) is 0 Å². The van der Waals surface area contributed by atoms with E-state index in [1.165, 1.54) is 10.5 Å². The first-order valence-electron chi connectivity index (χ1n) is 8.69. The van der Waals surface area contributed by atoms with Crippen LogP contribution in [0.25, 0.3) is 0 Å². The second kappa shape index (κ2) is 9.97. The van der Waals surface area contributed by atoms with Crippen LogP contribution >= 0.6 is 35.1 Å². The highest BCUT2D eigenvalue weighted by Crippen LogP contribution is 2.23. The van der Waals surface area contributed by atoms with E-state index < -0.39 is 0 Å². The van der Waals surface area contributed by atoms with E-state index in [2.05, 4.69) is 52.7 Å². The van der Waals surface area contributed by atoms with Crippen LogP contribution in [0.15, 0.2) is 63.7 Å². The SMILES string of the molecule is CCCc1nnc(SCc2ccc(Cl)cc2)n1/N=C/c1ccc(SC)cc1. The van der Waals surface area contributed by atoms with E-state index >= 15 is 0 Å². The first-order chi connectivity index (χ1) is 13.2. The highest BCUT2D eigenvalue weighted by atomic mass is 35.5. The maximum Gasteiger partial charge on any atom is 0.212 e. The number of hydrogen-bond donors (Lipinski definition) is 0. The molecule has 7 heteroatoms. The molecule has 1 heterocycles. The van der Waals surface area contributed by atoms with Crippen LogP contribution < -0.4 is 0 Å². The van der Waals surface area contributed by atoms with E-state index in [0.29, 0.717) is 0 Å². The second-order valence-corrected chi connectivity index (χ2v) is 8.15. The van der Waals surface area contributed by atoms with Crippen molar-refractivity contribution in [1.29, 1.82) is 0 Å². The van der Waals surface area contributed by atoms with Crippen LogP contribution in [-0.2, 0) is 12.2 Å². The van der Waals surface area contributed by atoms with Gasteiger partial charge in [-0.1, -0.05) is 54.6 Å². The van der Waals surface area contributed by atoms with E-state index in [4.69, 9.17) is 11.6 Å². The van der Waals surface area contributed by atoms with Gasteiger partial charge in [0, 0.05) is 22.1 Å². The third-order valence-electron chi connectivity index (χ3n) is 3.87. The molecule has 0 spiro atoms. The lowest BCUT2D eigenvalue weighted by Crippen LogP contribution is -2.00. The summed E-state index contributed by atoms with van der Waals surface area (Å²) in [7, 11) is 0. The fourth-order valence-electron chi connectivity index (χ4n) is 2.42. The Morgan fingerprint density at radius 2 is 1.81 bits per heavy atom. The van der Waals surface area contributed by atoms with Crippen molar-refractivity contribution in [2.75, 3.05) is 6.26 Å². The largest absolute Gasteiger partial charge is 0.212 e. The van der Waals surface area contributed by atoms with Gasteiger partial charge in [-0.15, -0.1) is 22.0 Å².